The molecule has 0 aliphatic carbocycles. The first-order chi connectivity index (χ1) is 9.43. The number of halogens is 3. The third-order valence-corrected chi connectivity index (χ3v) is 2.81. The molecule has 1 aromatic heterocycles. The number of hydrogen-bond donors (Lipinski definition) is 0. The van der Waals surface area contributed by atoms with Gasteiger partial charge in [-0.3, -0.25) is 9.36 Å². The molecule has 0 atom stereocenters. The van der Waals surface area contributed by atoms with E-state index in [0.29, 0.717) is 10.1 Å². The maximum Gasteiger partial charge on any atom is 0.431 e. The highest BCUT2D eigenvalue weighted by atomic mass is 19.4. The van der Waals surface area contributed by atoms with Crippen LogP contribution < -0.4 is 5.56 Å². The molecule has 6 heteroatoms. The number of alkyl halides is 3. The lowest BCUT2D eigenvalue weighted by Crippen LogP contribution is -2.27. The van der Waals surface area contributed by atoms with E-state index < -0.39 is 17.4 Å². The largest absolute Gasteiger partial charge is 0.431 e. The Labute approximate surface area is 112 Å². The second kappa shape index (κ2) is 5.21. The quantitative estimate of drug-likeness (QED) is 0.848. The first-order valence-electron chi connectivity index (χ1n) is 5.68. The Balaban J connectivity index is 2.55. The third-order valence-electron chi connectivity index (χ3n) is 2.81. The van der Waals surface area contributed by atoms with Gasteiger partial charge in [-0.05, 0) is 17.7 Å². The molecule has 0 N–H and O–H groups in total. The summed E-state index contributed by atoms with van der Waals surface area (Å²) in [5.74, 6) is 0. The summed E-state index contributed by atoms with van der Waals surface area (Å²) in [5.41, 5.74) is -1.17. The van der Waals surface area contributed by atoms with Gasteiger partial charge in [-0.25, -0.2) is 0 Å². The summed E-state index contributed by atoms with van der Waals surface area (Å²) in [6.07, 6.45) is -4.62. The minimum absolute atomic E-state index is 0.247. The summed E-state index contributed by atoms with van der Waals surface area (Å²) in [6.45, 7) is -0.293. The van der Waals surface area contributed by atoms with E-state index in [9.17, 15) is 18.0 Å². The Bertz CT molecular complexity index is 726. The van der Waals surface area contributed by atoms with Crippen molar-refractivity contribution in [3.8, 4) is 6.07 Å². The number of nitriles is 1. The number of benzene rings is 1. The molecule has 2 rings (SSSR count). The Morgan fingerprint density at radius 3 is 2.45 bits per heavy atom. The van der Waals surface area contributed by atoms with Crippen molar-refractivity contribution < 1.29 is 13.2 Å². The molecule has 0 aliphatic heterocycles. The van der Waals surface area contributed by atoms with Gasteiger partial charge in [0.05, 0.1) is 18.2 Å². The van der Waals surface area contributed by atoms with Gasteiger partial charge in [-0.15, -0.1) is 0 Å². The molecule has 0 saturated carbocycles. The first kappa shape index (κ1) is 13.9. The van der Waals surface area contributed by atoms with Crippen molar-refractivity contribution >= 4 is 0 Å². The first-order valence-corrected chi connectivity index (χ1v) is 5.68. The molecule has 20 heavy (non-hydrogen) atoms. The van der Waals surface area contributed by atoms with Crippen molar-refractivity contribution in [2.24, 2.45) is 0 Å². The molecule has 0 unspecified atom stereocenters. The van der Waals surface area contributed by atoms with E-state index in [4.69, 9.17) is 5.26 Å². The van der Waals surface area contributed by atoms with Gasteiger partial charge in [0, 0.05) is 6.07 Å². The molecule has 0 bridgehead atoms. The number of pyridine rings is 1. The average Bonchev–Trinajstić information content (AvgIpc) is 2.40. The Morgan fingerprint density at radius 1 is 1.10 bits per heavy atom. The normalized spacial score (nSPS) is 11.1. The van der Waals surface area contributed by atoms with E-state index in [1.165, 1.54) is 12.1 Å². The number of rotatable bonds is 2. The zero-order valence-corrected chi connectivity index (χ0v) is 10.2. The van der Waals surface area contributed by atoms with Gasteiger partial charge >= 0.3 is 6.18 Å². The topological polar surface area (TPSA) is 45.8 Å². The second-order valence-electron chi connectivity index (χ2n) is 4.10. The summed E-state index contributed by atoms with van der Waals surface area (Å²) >= 11 is 0. The highest BCUT2D eigenvalue weighted by molar-refractivity contribution is 5.37. The fourth-order valence-electron chi connectivity index (χ4n) is 1.87. The Hall–Kier alpha value is -2.55. The zero-order valence-electron chi connectivity index (χ0n) is 10.2. The summed E-state index contributed by atoms with van der Waals surface area (Å²) in [7, 11) is 0. The monoisotopic (exact) mass is 278 g/mol. The van der Waals surface area contributed by atoms with Crippen LogP contribution in [-0.2, 0) is 12.7 Å². The molecular formula is C14H9F3N2O. The minimum Gasteiger partial charge on any atom is -0.300 e. The lowest BCUT2D eigenvalue weighted by atomic mass is 10.1. The second-order valence-corrected chi connectivity index (χ2v) is 4.10. The molecule has 2 aromatic rings. The van der Waals surface area contributed by atoms with Crippen LogP contribution >= 0.6 is 0 Å². The van der Waals surface area contributed by atoms with E-state index in [-0.39, 0.29) is 12.1 Å². The summed E-state index contributed by atoms with van der Waals surface area (Å²) < 4.78 is 39.3. The fourth-order valence-corrected chi connectivity index (χ4v) is 1.87. The zero-order chi connectivity index (χ0) is 14.8. The van der Waals surface area contributed by atoms with Crippen LogP contribution in [0.4, 0.5) is 13.2 Å². The van der Waals surface area contributed by atoms with Gasteiger partial charge in [0.25, 0.3) is 5.56 Å². The predicted molar refractivity (Wildman–Crippen MR) is 66.0 cm³/mol. The average molecular weight is 278 g/mol. The van der Waals surface area contributed by atoms with Gasteiger partial charge in [0.1, 0.15) is 5.69 Å². The van der Waals surface area contributed by atoms with E-state index in [1.807, 2.05) is 6.07 Å². The maximum absolute atomic E-state index is 12.9. The van der Waals surface area contributed by atoms with Crippen LogP contribution in [0.1, 0.15) is 16.8 Å². The molecule has 1 aromatic carbocycles. The Kier molecular flexibility index (Phi) is 3.61. The van der Waals surface area contributed by atoms with Crippen LogP contribution in [0, 0.1) is 11.3 Å². The fraction of sp³-hybridized carbons (Fsp3) is 0.143. The lowest BCUT2D eigenvalue weighted by molar-refractivity contribution is -0.144. The van der Waals surface area contributed by atoms with Crippen molar-refractivity contribution in [1.82, 2.24) is 4.57 Å². The number of hydrogen-bond acceptors (Lipinski definition) is 2. The SMILES string of the molecule is N#Cc1ccccc1Cn1c(C(F)(F)F)cccc1=O. The molecule has 102 valence electrons. The van der Waals surface area contributed by atoms with Crippen molar-refractivity contribution in [3.05, 3.63) is 69.6 Å². The molecule has 0 fully saturated rings. The van der Waals surface area contributed by atoms with Gasteiger partial charge in [-0.1, -0.05) is 24.3 Å². The van der Waals surface area contributed by atoms with E-state index in [2.05, 4.69) is 0 Å². The molecule has 0 aliphatic rings. The van der Waals surface area contributed by atoms with Gasteiger partial charge in [-0.2, -0.15) is 18.4 Å². The number of nitrogens with zero attached hydrogens (tertiary/aromatic N) is 2. The lowest BCUT2D eigenvalue weighted by Gasteiger charge is -2.15. The van der Waals surface area contributed by atoms with Crippen LogP contribution in [-0.4, -0.2) is 4.57 Å². The standard InChI is InChI=1S/C14H9F3N2O/c15-14(16,17)12-6-3-7-13(20)19(12)9-11-5-2-1-4-10(11)8-18/h1-7H,9H2. The molecular weight excluding hydrogens is 269 g/mol. The predicted octanol–water partition coefficient (Wildman–Crippen LogP) is 2.79. The van der Waals surface area contributed by atoms with Gasteiger partial charge < -0.3 is 0 Å². The highest BCUT2D eigenvalue weighted by Crippen LogP contribution is 2.28. The van der Waals surface area contributed by atoms with E-state index >= 15 is 0 Å². The van der Waals surface area contributed by atoms with Crippen molar-refractivity contribution in [2.75, 3.05) is 0 Å². The molecule has 0 saturated heterocycles. The van der Waals surface area contributed by atoms with Crippen molar-refractivity contribution in [3.63, 3.8) is 0 Å². The van der Waals surface area contributed by atoms with Crippen molar-refractivity contribution in [1.29, 1.82) is 5.26 Å². The summed E-state index contributed by atoms with van der Waals surface area (Å²) in [5, 5.41) is 8.94. The van der Waals surface area contributed by atoms with E-state index in [0.717, 1.165) is 18.2 Å². The van der Waals surface area contributed by atoms with Crippen LogP contribution in [0.3, 0.4) is 0 Å². The smallest absolute Gasteiger partial charge is 0.300 e. The molecule has 0 radical (unpaired) electrons. The van der Waals surface area contributed by atoms with Gasteiger partial charge in [0.15, 0.2) is 0 Å². The van der Waals surface area contributed by atoms with Crippen LogP contribution in [0.5, 0.6) is 0 Å². The maximum atomic E-state index is 12.9. The minimum atomic E-state index is -4.62. The molecule has 0 spiro atoms. The molecule has 3 nitrogen and oxygen atoms in total. The van der Waals surface area contributed by atoms with Crippen LogP contribution in [0.2, 0.25) is 0 Å². The molecule has 0 amide bonds. The molecule has 1 heterocycles. The van der Waals surface area contributed by atoms with Crippen molar-refractivity contribution in [2.45, 2.75) is 12.7 Å². The van der Waals surface area contributed by atoms with Crippen LogP contribution in [0.25, 0.3) is 0 Å². The third kappa shape index (κ3) is 2.72. The van der Waals surface area contributed by atoms with E-state index in [1.54, 1.807) is 12.1 Å². The summed E-state index contributed by atoms with van der Waals surface area (Å²) in [6, 6.07) is 11.1. The van der Waals surface area contributed by atoms with Crippen LogP contribution in [0.15, 0.2) is 47.3 Å². The van der Waals surface area contributed by atoms with Gasteiger partial charge in [0.2, 0.25) is 0 Å². The Morgan fingerprint density at radius 2 is 1.80 bits per heavy atom. The number of aromatic nitrogens is 1. The summed E-state index contributed by atoms with van der Waals surface area (Å²) in [4.78, 5) is 11.7. The highest BCUT2D eigenvalue weighted by Gasteiger charge is 2.34.